The zero-order valence-corrected chi connectivity index (χ0v) is 9.85. The Balaban J connectivity index is 2.13. The number of hydrogen-bond donors (Lipinski definition) is 0. The molecule has 2 saturated heterocycles. The highest BCUT2D eigenvalue weighted by Crippen LogP contribution is 2.32. The summed E-state index contributed by atoms with van der Waals surface area (Å²) in [6.45, 7) is 2.09. The van der Waals surface area contributed by atoms with Crippen LogP contribution in [0.5, 0.6) is 0 Å². The van der Waals surface area contributed by atoms with Gasteiger partial charge in [-0.3, -0.25) is 0 Å². The fraction of sp³-hybridized carbons (Fsp3) is 1.00. The van der Waals surface area contributed by atoms with Crippen molar-refractivity contribution in [2.24, 2.45) is 5.18 Å². The minimum absolute atomic E-state index is 0.115. The maximum atomic E-state index is 11.9. The van der Waals surface area contributed by atoms with E-state index >= 15 is 0 Å². The maximum Gasteiger partial charge on any atom is 0.158 e. The van der Waals surface area contributed by atoms with Gasteiger partial charge in [-0.1, -0.05) is 12.1 Å². The molecule has 6 nitrogen and oxygen atoms in total. The van der Waals surface area contributed by atoms with Gasteiger partial charge in [0.1, 0.15) is 23.5 Å². The topological polar surface area (TPSA) is 82.0 Å². The maximum absolute atomic E-state index is 11.9. The molecule has 0 unspecified atom stereocenters. The molecule has 2 aliphatic heterocycles. The molecule has 0 N–H and O–H groups in total. The van der Waals surface area contributed by atoms with E-state index in [1.807, 2.05) is 6.92 Å². The van der Waals surface area contributed by atoms with Gasteiger partial charge in [0.2, 0.25) is 0 Å². The molecule has 2 heterocycles. The lowest BCUT2D eigenvalue weighted by Gasteiger charge is -2.15. The van der Waals surface area contributed by atoms with Crippen molar-refractivity contribution in [1.82, 2.24) is 0 Å². The van der Waals surface area contributed by atoms with Crippen LogP contribution in [0.25, 0.3) is 0 Å². The van der Waals surface area contributed by atoms with Gasteiger partial charge in [0.05, 0.1) is 19.0 Å². The smallest absolute Gasteiger partial charge is 0.158 e. The van der Waals surface area contributed by atoms with E-state index in [-0.39, 0.29) is 19.0 Å². The highest BCUT2D eigenvalue weighted by atomic mass is 32.2. The van der Waals surface area contributed by atoms with E-state index in [2.05, 4.69) is 5.18 Å². The van der Waals surface area contributed by atoms with Gasteiger partial charge in [-0.25, -0.2) is 8.42 Å². The first-order valence-electron chi connectivity index (χ1n) is 5.37. The SMILES string of the molecule is CCCS(=O)(=O)[C@H]1CO[C@H]2[C@@H]1OC[C@H]2N=O. The van der Waals surface area contributed by atoms with Crippen molar-refractivity contribution >= 4 is 9.84 Å². The third-order valence-electron chi connectivity index (χ3n) is 3.07. The third-order valence-corrected chi connectivity index (χ3v) is 5.37. The number of ether oxygens (including phenoxy) is 2. The molecule has 0 aromatic heterocycles. The van der Waals surface area contributed by atoms with E-state index in [0.717, 1.165) is 0 Å². The van der Waals surface area contributed by atoms with Crippen LogP contribution in [-0.2, 0) is 19.3 Å². The first kappa shape index (κ1) is 11.9. The van der Waals surface area contributed by atoms with E-state index in [1.165, 1.54) is 0 Å². The van der Waals surface area contributed by atoms with E-state index in [0.29, 0.717) is 6.42 Å². The summed E-state index contributed by atoms with van der Waals surface area (Å²) in [5.41, 5.74) is 0. The van der Waals surface area contributed by atoms with Crippen LogP contribution in [0.3, 0.4) is 0 Å². The molecule has 0 aromatic carbocycles. The molecule has 0 aliphatic carbocycles. The van der Waals surface area contributed by atoms with Crippen molar-refractivity contribution in [1.29, 1.82) is 0 Å². The van der Waals surface area contributed by atoms with Crippen molar-refractivity contribution in [3.63, 3.8) is 0 Å². The number of nitroso groups, excluding NO2 is 1. The molecular weight excluding hydrogens is 234 g/mol. The Morgan fingerprint density at radius 1 is 1.25 bits per heavy atom. The van der Waals surface area contributed by atoms with E-state index in [4.69, 9.17) is 9.47 Å². The average molecular weight is 249 g/mol. The highest BCUT2D eigenvalue weighted by Gasteiger charge is 2.52. The van der Waals surface area contributed by atoms with Crippen molar-refractivity contribution in [2.45, 2.75) is 36.8 Å². The first-order valence-corrected chi connectivity index (χ1v) is 7.09. The van der Waals surface area contributed by atoms with Crippen LogP contribution in [0.15, 0.2) is 5.18 Å². The van der Waals surface area contributed by atoms with Gasteiger partial charge in [-0.15, -0.1) is 0 Å². The van der Waals surface area contributed by atoms with Gasteiger partial charge in [0.15, 0.2) is 9.84 Å². The summed E-state index contributed by atoms with van der Waals surface area (Å²) in [4.78, 5) is 10.5. The Labute approximate surface area is 94.2 Å². The average Bonchev–Trinajstić information content (AvgIpc) is 2.76. The monoisotopic (exact) mass is 249 g/mol. The van der Waals surface area contributed by atoms with Crippen molar-refractivity contribution < 1.29 is 17.9 Å². The molecule has 0 amide bonds. The van der Waals surface area contributed by atoms with E-state index in [9.17, 15) is 13.3 Å². The second kappa shape index (κ2) is 4.38. The Morgan fingerprint density at radius 3 is 2.56 bits per heavy atom. The first-order chi connectivity index (χ1) is 7.60. The highest BCUT2D eigenvalue weighted by molar-refractivity contribution is 7.92. The largest absolute Gasteiger partial charge is 0.372 e. The quantitative estimate of drug-likeness (QED) is 0.660. The zero-order valence-electron chi connectivity index (χ0n) is 9.03. The summed E-state index contributed by atoms with van der Waals surface area (Å²) in [5.74, 6) is 0.132. The molecule has 16 heavy (non-hydrogen) atoms. The summed E-state index contributed by atoms with van der Waals surface area (Å²) < 4.78 is 34.5. The van der Waals surface area contributed by atoms with Gasteiger partial charge >= 0.3 is 0 Å². The second-order valence-electron chi connectivity index (χ2n) is 4.17. The Kier molecular flexibility index (Phi) is 3.27. The van der Waals surface area contributed by atoms with Crippen LogP contribution in [0, 0.1) is 4.91 Å². The Bertz CT molecular complexity index is 368. The fourth-order valence-corrected chi connectivity index (χ4v) is 4.08. The van der Waals surface area contributed by atoms with Crippen LogP contribution < -0.4 is 0 Å². The molecule has 0 aromatic rings. The predicted octanol–water partition coefficient (Wildman–Crippen LogP) is 0.112. The summed E-state index contributed by atoms with van der Waals surface area (Å²) in [6.07, 6.45) is -0.417. The number of fused-ring (bicyclic) bond motifs is 1. The fourth-order valence-electron chi connectivity index (χ4n) is 2.28. The van der Waals surface area contributed by atoms with Crippen LogP contribution in [0.2, 0.25) is 0 Å². The number of rotatable bonds is 4. The van der Waals surface area contributed by atoms with Crippen LogP contribution in [0.1, 0.15) is 13.3 Å². The lowest BCUT2D eigenvalue weighted by atomic mass is 10.1. The molecule has 92 valence electrons. The predicted molar refractivity (Wildman–Crippen MR) is 56.9 cm³/mol. The van der Waals surface area contributed by atoms with E-state index < -0.39 is 33.3 Å². The molecule has 0 spiro atoms. The van der Waals surface area contributed by atoms with Gasteiger partial charge in [0, 0.05) is 0 Å². The molecule has 2 fully saturated rings. The summed E-state index contributed by atoms with van der Waals surface area (Å²) in [5, 5.41) is 2.26. The van der Waals surface area contributed by atoms with Crippen LogP contribution in [-0.4, -0.2) is 50.9 Å². The molecular formula is C9H15NO5S. The standard InChI is InChI=1S/C9H15NO5S/c1-2-3-16(12,13)7-5-15-8-6(10-11)4-14-9(7)8/h6-9H,2-5H2,1H3/t6-,7+,8-,9-/m1/s1. The molecule has 0 saturated carbocycles. The summed E-state index contributed by atoms with van der Waals surface area (Å²) >= 11 is 0. The molecule has 0 bridgehead atoms. The summed E-state index contributed by atoms with van der Waals surface area (Å²) in [6, 6.07) is -0.563. The Hall–Kier alpha value is -0.530. The lowest BCUT2D eigenvalue weighted by molar-refractivity contribution is 0.0712. The van der Waals surface area contributed by atoms with Gasteiger partial charge < -0.3 is 9.47 Å². The van der Waals surface area contributed by atoms with Gasteiger partial charge in [-0.2, -0.15) is 4.91 Å². The molecule has 4 atom stereocenters. The van der Waals surface area contributed by atoms with Crippen molar-refractivity contribution in [3.05, 3.63) is 4.91 Å². The lowest BCUT2D eigenvalue weighted by Crippen LogP contribution is -2.37. The van der Waals surface area contributed by atoms with E-state index in [1.54, 1.807) is 0 Å². The Morgan fingerprint density at radius 2 is 1.94 bits per heavy atom. The number of sulfone groups is 1. The second-order valence-corrected chi connectivity index (χ2v) is 6.51. The van der Waals surface area contributed by atoms with Crippen LogP contribution in [0.4, 0.5) is 0 Å². The van der Waals surface area contributed by atoms with Crippen molar-refractivity contribution in [3.8, 4) is 0 Å². The minimum atomic E-state index is -3.19. The zero-order chi connectivity index (χ0) is 11.8. The number of hydrogen-bond acceptors (Lipinski definition) is 6. The normalized spacial score (nSPS) is 38.6. The molecule has 7 heteroatoms. The number of nitrogens with zero attached hydrogens (tertiary/aromatic N) is 1. The minimum Gasteiger partial charge on any atom is -0.372 e. The third kappa shape index (κ3) is 1.87. The molecule has 0 radical (unpaired) electrons. The van der Waals surface area contributed by atoms with Gasteiger partial charge in [0.25, 0.3) is 0 Å². The molecule has 2 aliphatic rings. The van der Waals surface area contributed by atoms with Gasteiger partial charge in [-0.05, 0) is 6.42 Å². The molecule has 2 rings (SSSR count). The summed E-state index contributed by atoms with van der Waals surface area (Å²) in [7, 11) is -3.19. The van der Waals surface area contributed by atoms with Crippen LogP contribution >= 0.6 is 0 Å². The van der Waals surface area contributed by atoms with Crippen molar-refractivity contribution in [2.75, 3.05) is 19.0 Å².